The van der Waals surface area contributed by atoms with Crippen LogP contribution in [0.25, 0.3) is 0 Å². The first-order valence-corrected chi connectivity index (χ1v) is 7.04. The SMILES string of the molecule is C=C(C)CC1CC=C(CC(C)C2OC2C)CC1. The predicted octanol–water partition coefficient (Wildman–Crippen LogP) is 4.49. The first-order chi connectivity index (χ1) is 8.06. The molecule has 0 amide bonds. The van der Waals surface area contributed by atoms with Crippen molar-refractivity contribution in [3.8, 4) is 0 Å². The minimum atomic E-state index is 0.505. The van der Waals surface area contributed by atoms with Gasteiger partial charge in [0.15, 0.2) is 0 Å². The van der Waals surface area contributed by atoms with Gasteiger partial charge in [-0.3, -0.25) is 0 Å². The highest BCUT2D eigenvalue weighted by Crippen LogP contribution is 2.36. The molecule has 4 atom stereocenters. The third-order valence-corrected chi connectivity index (χ3v) is 4.15. The highest BCUT2D eigenvalue weighted by Gasteiger charge is 2.38. The summed E-state index contributed by atoms with van der Waals surface area (Å²) in [4.78, 5) is 0. The van der Waals surface area contributed by atoms with Gasteiger partial charge in [-0.1, -0.05) is 24.1 Å². The molecule has 0 aromatic carbocycles. The van der Waals surface area contributed by atoms with Crippen LogP contribution in [0, 0.1) is 11.8 Å². The number of allylic oxidation sites excluding steroid dienone is 3. The molecule has 0 aromatic heterocycles. The Hall–Kier alpha value is -0.560. The maximum atomic E-state index is 5.56. The molecule has 0 radical (unpaired) electrons. The lowest BCUT2D eigenvalue weighted by Gasteiger charge is -2.23. The molecular formula is C16H26O. The topological polar surface area (TPSA) is 12.5 Å². The summed E-state index contributed by atoms with van der Waals surface area (Å²) in [6.07, 6.45) is 9.89. The molecule has 1 aliphatic heterocycles. The van der Waals surface area contributed by atoms with Crippen molar-refractivity contribution in [1.29, 1.82) is 0 Å². The number of hydrogen-bond acceptors (Lipinski definition) is 1. The second-order valence-corrected chi connectivity index (χ2v) is 6.15. The van der Waals surface area contributed by atoms with Crippen LogP contribution in [0.15, 0.2) is 23.8 Å². The Labute approximate surface area is 106 Å². The Balaban J connectivity index is 1.76. The molecule has 1 saturated heterocycles. The predicted molar refractivity (Wildman–Crippen MR) is 73.0 cm³/mol. The van der Waals surface area contributed by atoms with Crippen LogP contribution in [0.5, 0.6) is 0 Å². The van der Waals surface area contributed by atoms with Crippen LogP contribution in [0.3, 0.4) is 0 Å². The fraction of sp³-hybridized carbons (Fsp3) is 0.750. The molecule has 2 aliphatic rings. The number of epoxide rings is 1. The van der Waals surface area contributed by atoms with E-state index in [9.17, 15) is 0 Å². The fourth-order valence-corrected chi connectivity index (χ4v) is 3.14. The van der Waals surface area contributed by atoms with Gasteiger partial charge in [-0.05, 0) is 57.8 Å². The van der Waals surface area contributed by atoms with Crippen LogP contribution >= 0.6 is 0 Å². The lowest BCUT2D eigenvalue weighted by atomic mass is 9.82. The molecular weight excluding hydrogens is 208 g/mol. The zero-order valence-electron chi connectivity index (χ0n) is 11.5. The summed E-state index contributed by atoms with van der Waals surface area (Å²) in [6.45, 7) is 10.7. The minimum absolute atomic E-state index is 0.505. The smallest absolute Gasteiger partial charge is 0.0867 e. The van der Waals surface area contributed by atoms with Crippen molar-refractivity contribution >= 4 is 0 Å². The molecule has 2 rings (SSSR count). The maximum absolute atomic E-state index is 5.56. The van der Waals surface area contributed by atoms with E-state index in [0.29, 0.717) is 18.1 Å². The van der Waals surface area contributed by atoms with E-state index in [1.54, 1.807) is 5.57 Å². The van der Waals surface area contributed by atoms with Crippen LogP contribution in [0.2, 0.25) is 0 Å². The number of hydrogen-bond donors (Lipinski definition) is 0. The van der Waals surface area contributed by atoms with Gasteiger partial charge in [0.25, 0.3) is 0 Å². The second-order valence-electron chi connectivity index (χ2n) is 6.15. The van der Waals surface area contributed by atoms with E-state index >= 15 is 0 Å². The first-order valence-electron chi connectivity index (χ1n) is 7.04. The lowest BCUT2D eigenvalue weighted by Crippen LogP contribution is -2.11. The molecule has 0 aromatic rings. The van der Waals surface area contributed by atoms with Crippen LogP contribution in [0.4, 0.5) is 0 Å². The fourth-order valence-electron chi connectivity index (χ4n) is 3.14. The van der Waals surface area contributed by atoms with Gasteiger partial charge in [-0.2, -0.15) is 0 Å². The molecule has 1 nitrogen and oxygen atoms in total. The van der Waals surface area contributed by atoms with Gasteiger partial charge < -0.3 is 4.74 Å². The molecule has 4 unspecified atom stereocenters. The highest BCUT2D eigenvalue weighted by atomic mass is 16.6. The van der Waals surface area contributed by atoms with Crippen LogP contribution in [-0.2, 0) is 4.74 Å². The summed E-state index contributed by atoms with van der Waals surface area (Å²) in [5, 5.41) is 0. The van der Waals surface area contributed by atoms with E-state index in [1.165, 1.54) is 37.7 Å². The third-order valence-electron chi connectivity index (χ3n) is 4.15. The average Bonchev–Trinajstić information content (AvgIpc) is 2.98. The summed E-state index contributed by atoms with van der Waals surface area (Å²) < 4.78 is 5.56. The molecule has 1 heteroatoms. The van der Waals surface area contributed by atoms with Crippen molar-refractivity contribution in [3.63, 3.8) is 0 Å². The van der Waals surface area contributed by atoms with E-state index in [2.05, 4.69) is 33.4 Å². The van der Waals surface area contributed by atoms with E-state index < -0.39 is 0 Å². The van der Waals surface area contributed by atoms with Gasteiger partial charge >= 0.3 is 0 Å². The van der Waals surface area contributed by atoms with Gasteiger partial charge in [0.1, 0.15) is 0 Å². The molecule has 0 N–H and O–H groups in total. The highest BCUT2D eigenvalue weighted by molar-refractivity contribution is 5.10. The summed E-state index contributed by atoms with van der Waals surface area (Å²) >= 11 is 0. The maximum Gasteiger partial charge on any atom is 0.0867 e. The van der Waals surface area contributed by atoms with Crippen molar-refractivity contribution in [3.05, 3.63) is 23.8 Å². The summed E-state index contributed by atoms with van der Waals surface area (Å²) in [7, 11) is 0. The Morgan fingerprint density at radius 2 is 2.29 bits per heavy atom. The van der Waals surface area contributed by atoms with Crippen molar-refractivity contribution in [2.24, 2.45) is 11.8 Å². The average molecular weight is 234 g/mol. The Kier molecular flexibility index (Phi) is 4.09. The second kappa shape index (κ2) is 5.39. The van der Waals surface area contributed by atoms with Gasteiger partial charge in [0, 0.05) is 0 Å². The van der Waals surface area contributed by atoms with Crippen LogP contribution in [0.1, 0.15) is 52.9 Å². The van der Waals surface area contributed by atoms with Crippen molar-refractivity contribution in [1.82, 2.24) is 0 Å². The summed E-state index contributed by atoms with van der Waals surface area (Å²) in [6, 6.07) is 0. The molecule has 0 bridgehead atoms. The van der Waals surface area contributed by atoms with E-state index in [-0.39, 0.29) is 0 Å². The zero-order valence-corrected chi connectivity index (χ0v) is 11.5. The van der Waals surface area contributed by atoms with Gasteiger partial charge in [-0.25, -0.2) is 0 Å². The Morgan fingerprint density at radius 1 is 1.59 bits per heavy atom. The van der Waals surface area contributed by atoms with Crippen molar-refractivity contribution < 1.29 is 4.74 Å². The summed E-state index contributed by atoms with van der Waals surface area (Å²) in [5.41, 5.74) is 3.00. The zero-order chi connectivity index (χ0) is 12.4. The van der Waals surface area contributed by atoms with Crippen LogP contribution in [-0.4, -0.2) is 12.2 Å². The third kappa shape index (κ3) is 3.70. The molecule has 0 saturated carbocycles. The molecule has 1 fully saturated rings. The minimum Gasteiger partial charge on any atom is -0.370 e. The quantitative estimate of drug-likeness (QED) is 0.504. The monoisotopic (exact) mass is 234 g/mol. The van der Waals surface area contributed by atoms with Crippen molar-refractivity contribution in [2.45, 2.75) is 65.1 Å². The number of ether oxygens (including phenoxy) is 1. The number of rotatable bonds is 5. The molecule has 0 spiro atoms. The Bertz CT molecular complexity index is 315. The normalized spacial score (nSPS) is 34.1. The standard InChI is InChI=1S/C16H26O/c1-11(2)9-14-5-7-15(8-6-14)10-12(3)16-13(4)17-16/h7,12-14,16H,1,5-6,8-10H2,2-4H3. The largest absolute Gasteiger partial charge is 0.370 e. The molecule has 1 aliphatic carbocycles. The molecule has 96 valence electrons. The van der Waals surface area contributed by atoms with Crippen molar-refractivity contribution in [2.75, 3.05) is 0 Å². The van der Waals surface area contributed by atoms with E-state index in [4.69, 9.17) is 4.74 Å². The van der Waals surface area contributed by atoms with Gasteiger partial charge in [-0.15, -0.1) is 6.58 Å². The summed E-state index contributed by atoms with van der Waals surface area (Å²) in [5.74, 6) is 1.55. The van der Waals surface area contributed by atoms with E-state index in [1.807, 2.05) is 0 Å². The lowest BCUT2D eigenvalue weighted by molar-refractivity contribution is 0.324. The van der Waals surface area contributed by atoms with Gasteiger partial charge in [0.05, 0.1) is 12.2 Å². The van der Waals surface area contributed by atoms with E-state index in [0.717, 1.165) is 5.92 Å². The van der Waals surface area contributed by atoms with Gasteiger partial charge in [0.2, 0.25) is 0 Å². The Morgan fingerprint density at radius 3 is 2.76 bits per heavy atom. The first kappa shape index (κ1) is 12.9. The van der Waals surface area contributed by atoms with Crippen LogP contribution < -0.4 is 0 Å². The molecule has 1 heterocycles. The molecule has 17 heavy (non-hydrogen) atoms.